The Morgan fingerprint density at radius 1 is 1.32 bits per heavy atom. The summed E-state index contributed by atoms with van der Waals surface area (Å²) in [5, 5.41) is 3.72. The Kier molecular flexibility index (Phi) is 5.51. The van der Waals surface area contributed by atoms with Crippen LogP contribution in [0.2, 0.25) is 0 Å². The topological polar surface area (TPSA) is 15.3 Å². The molecule has 2 nitrogen and oxygen atoms in total. The van der Waals surface area contributed by atoms with Gasteiger partial charge in [0, 0.05) is 34.9 Å². The van der Waals surface area contributed by atoms with Crippen LogP contribution in [0.4, 0.5) is 5.69 Å². The number of rotatable bonds is 4. The van der Waals surface area contributed by atoms with Crippen molar-refractivity contribution in [2.75, 3.05) is 25.0 Å². The van der Waals surface area contributed by atoms with Gasteiger partial charge in [-0.15, -0.1) is 0 Å². The fraction of sp³-hybridized carbons (Fsp3) is 0.625. The minimum atomic E-state index is 0.641. The van der Waals surface area contributed by atoms with E-state index in [0.29, 0.717) is 6.04 Å². The van der Waals surface area contributed by atoms with E-state index in [1.165, 1.54) is 47.3 Å². The van der Waals surface area contributed by atoms with Crippen LogP contribution in [0.5, 0.6) is 0 Å². The molecule has 1 fully saturated rings. The maximum Gasteiger partial charge on any atom is 0.0372 e. The lowest BCUT2D eigenvalue weighted by atomic mass is 10.0. The van der Waals surface area contributed by atoms with Crippen molar-refractivity contribution in [2.45, 2.75) is 39.7 Å². The molecular formula is C16H25IN2. The Bertz CT molecular complexity index is 409. The fourth-order valence-electron chi connectivity index (χ4n) is 2.79. The number of nitrogens with one attached hydrogen (secondary N) is 1. The van der Waals surface area contributed by atoms with Crippen molar-refractivity contribution in [1.29, 1.82) is 0 Å². The van der Waals surface area contributed by atoms with Crippen molar-refractivity contribution < 1.29 is 0 Å². The summed E-state index contributed by atoms with van der Waals surface area (Å²) in [7, 11) is 0. The van der Waals surface area contributed by atoms with E-state index >= 15 is 0 Å². The van der Waals surface area contributed by atoms with Crippen LogP contribution >= 0.6 is 22.6 Å². The smallest absolute Gasteiger partial charge is 0.0372 e. The number of hydrogen-bond acceptors (Lipinski definition) is 2. The van der Waals surface area contributed by atoms with Gasteiger partial charge in [0.25, 0.3) is 0 Å². The predicted octanol–water partition coefficient (Wildman–Crippen LogP) is 4.13. The molecule has 1 N–H and O–H groups in total. The van der Waals surface area contributed by atoms with Crippen LogP contribution in [0.3, 0.4) is 0 Å². The molecule has 106 valence electrons. The van der Waals surface area contributed by atoms with Gasteiger partial charge in [0.2, 0.25) is 0 Å². The number of halogens is 1. The minimum Gasteiger partial charge on any atom is -0.382 e. The highest BCUT2D eigenvalue weighted by atomic mass is 127. The second kappa shape index (κ2) is 6.93. The van der Waals surface area contributed by atoms with Crippen molar-refractivity contribution in [3.8, 4) is 0 Å². The van der Waals surface area contributed by atoms with Gasteiger partial charge in [0.15, 0.2) is 0 Å². The summed E-state index contributed by atoms with van der Waals surface area (Å²) in [5.74, 6) is 0.781. The third-order valence-corrected chi connectivity index (χ3v) is 4.43. The zero-order chi connectivity index (χ0) is 13.8. The molecule has 0 spiro atoms. The molecule has 1 aliphatic rings. The first-order valence-corrected chi connectivity index (χ1v) is 8.37. The summed E-state index contributed by atoms with van der Waals surface area (Å²) >= 11 is 2.37. The molecule has 1 aromatic rings. The van der Waals surface area contributed by atoms with Crippen LogP contribution in [0.1, 0.15) is 32.3 Å². The molecule has 19 heavy (non-hydrogen) atoms. The first kappa shape index (κ1) is 15.1. The maximum absolute atomic E-state index is 3.72. The molecule has 1 aromatic carbocycles. The molecule has 0 aromatic heterocycles. The number of nitrogens with zero attached hydrogens (tertiary/aromatic N) is 1. The van der Waals surface area contributed by atoms with E-state index in [0.717, 1.165) is 5.92 Å². The molecule has 2 rings (SSSR count). The van der Waals surface area contributed by atoms with E-state index in [2.05, 4.69) is 71.8 Å². The molecule has 0 saturated carbocycles. The van der Waals surface area contributed by atoms with Gasteiger partial charge in [-0.05, 0) is 72.0 Å². The fourth-order valence-corrected chi connectivity index (χ4v) is 3.43. The van der Waals surface area contributed by atoms with E-state index in [9.17, 15) is 0 Å². The van der Waals surface area contributed by atoms with Crippen LogP contribution in [-0.2, 0) is 0 Å². The first-order chi connectivity index (χ1) is 9.04. The first-order valence-electron chi connectivity index (χ1n) is 7.29. The summed E-state index contributed by atoms with van der Waals surface area (Å²) in [6, 6.07) is 7.29. The molecule has 1 heterocycles. The van der Waals surface area contributed by atoms with Crippen LogP contribution in [-0.4, -0.2) is 30.6 Å². The van der Waals surface area contributed by atoms with Crippen LogP contribution < -0.4 is 5.32 Å². The number of aryl methyl sites for hydroxylation is 1. The largest absolute Gasteiger partial charge is 0.382 e. The predicted molar refractivity (Wildman–Crippen MR) is 91.8 cm³/mol. The lowest BCUT2D eigenvalue weighted by molar-refractivity contribution is 0.198. The molecule has 0 radical (unpaired) electrons. The van der Waals surface area contributed by atoms with Gasteiger partial charge < -0.3 is 10.2 Å². The maximum atomic E-state index is 3.72. The molecule has 1 saturated heterocycles. The van der Waals surface area contributed by atoms with Gasteiger partial charge >= 0.3 is 0 Å². The Morgan fingerprint density at radius 2 is 2.00 bits per heavy atom. The number of anilines is 1. The highest BCUT2D eigenvalue weighted by Gasteiger charge is 2.19. The molecule has 0 amide bonds. The standard InChI is InChI=1S/C16H25IN2/c1-12(2)11-19-8-6-15(7-9-19)18-16-5-4-14(17)10-13(16)3/h4-5,10,12,15,18H,6-9,11H2,1-3H3. The van der Waals surface area contributed by atoms with Crippen molar-refractivity contribution in [3.63, 3.8) is 0 Å². The van der Waals surface area contributed by atoms with Gasteiger partial charge in [0.1, 0.15) is 0 Å². The molecule has 0 atom stereocenters. The van der Waals surface area contributed by atoms with Crippen molar-refractivity contribution in [3.05, 3.63) is 27.3 Å². The zero-order valence-corrected chi connectivity index (χ0v) is 14.4. The highest BCUT2D eigenvalue weighted by molar-refractivity contribution is 14.1. The Labute approximate surface area is 131 Å². The highest BCUT2D eigenvalue weighted by Crippen LogP contribution is 2.22. The molecule has 0 unspecified atom stereocenters. The average molecular weight is 372 g/mol. The van der Waals surface area contributed by atoms with Gasteiger partial charge in [-0.1, -0.05) is 13.8 Å². The second-order valence-electron chi connectivity index (χ2n) is 6.07. The van der Waals surface area contributed by atoms with Crippen LogP contribution in [0.15, 0.2) is 18.2 Å². The Balaban J connectivity index is 1.85. The van der Waals surface area contributed by atoms with Gasteiger partial charge in [-0.2, -0.15) is 0 Å². The number of piperidine rings is 1. The minimum absolute atomic E-state index is 0.641. The summed E-state index contributed by atoms with van der Waals surface area (Å²) < 4.78 is 1.31. The third kappa shape index (κ3) is 4.63. The van der Waals surface area contributed by atoms with E-state index in [1.54, 1.807) is 0 Å². The monoisotopic (exact) mass is 372 g/mol. The normalized spacial score (nSPS) is 17.9. The van der Waals surface area contributed by atoms with E-state index in [1.807, 2.05) is 0 Å². The van der Waals surface area contributed by atoms with E-state index in [-0.39, 0.29) is 0 Å². The van der Waals surface area contributed by atoms with Crippen LogP contribution in [0.25, 0.3) is 0 Å². The summed E-state index contributed by atoms with van der Waals surface area (Å²) in [5.41, 5.74) is 2.67. The summed E-state index contributed by atoms with van der Waals surface area (Å²) in [6.07, 6.45) is 2.52. The zero-order valence-electron chi connectivity index (χ0n) is 12.2. The number of likely N-dealkylation sites (tertiary alicyclic amines) is 1. The van der Waals surface area contributed by atoms with Gasteiger partial charge in [0.05, 0.1) is 0 Å². The van der Waals surface area contributed by atoms with Crippen molar-refractivity contribution in [1.82, 2.24) is 4.90 Å². The molecule has 0 bridgehead atoms. The Morgan fingerprint density at radius 3 is 2.58 bits per heavy atom. The number of hydrogen-bond donors (Lipinski definition) is 1. The van der Waals surface area contributed by atoms with E-state index < -0.39 is 0 Å². The Hall–Kier alpha value is -0.290. The summed E-state index contributed by atoms with van der Waals surface area (Å²) in [6.45, 7) is 10.5. The molecule has 3 heteroatoms. The molecular weight excluding hydrogens is 347 g/mol. The molecule has 1 aliphatic heterocycles. The summed E-state index contributed by atoms with van der Waals surface area (Å²) in [4.78, 5) is 2.60. The van der Waals surface area contributed by atoms with Crippen LogP contribution in [0, 0.1) is 16.4 Å². The van der Waals surface area contributed by atoms with Gasteiger partial charge in [-0.3, -0.25) is 0 Å². The van der Waals surface area contributed by atoms with Crippen molar-refractivity contribution >= 4 is 28.3 Å². The molecule has 0 aliphatic carbocycles. The lowest BCUT2D eigenvalue weighted by Gasteiger charge is -2.34. The third-order valence-electron chi connectivity index (χ3n) is 3.76. The lowest BCUT2D eigenvalue weighted by Crippen LogP contribution is -2.40. The van der Waals surface area contributed by atoms with E-state index in [4.69, 9.17) is 0 Å². The average Bonchev–Trinajstić information content (AvgIpc) is 2.34. The SMILES string of the molecule is Cc1cc(I)ccc1NC1CCN(CC(C)C)CC1. The number of benzene rings is 1. The second-order valence-corrected chi connectivity index (χ2v) is 7.32. The van der Waals surface area contributed by atoms with Gasteiger partial charge in [-0.25, -0.2) is 0 Å². The van der Waals surface area contributed by atoms with Crippen molar-refractivity contribution in [2.24, 2.45) is 5.92 Å². The quantitative estimate of drug-likeness (QED) is 0.800.